The van der Waals surface area contributed by atoms with E-state index in [-0.39, 0.29) is 31.1 Å². The Balaban J connectivity index is 4.30. The molecule has 6 nitrogen and oxygen atoms in total. The van der Waals surface area contributed by atoms with Crippen LogP contribution in [0.5, 0.6) is 0 Å². The van der Waals surface area contributed by atoms with Gasteiger partial charge in [0.05, 0.1) is 0 Å². The van der Waals surface area contributed by atoms with Crippen molar-refractivity contribution in [2.75, 3.05) is 13.2 Å². The van der Waals surface area contributed by atoms with Gasteiger partial charge in [-0.2, -0.15) is 0 Å². The highest BCUT2D eigenvalue weighted by molar-refractivity contribution is 5.71. The van der Waals surface area contributed by atoms with Crippen LogP contribution in [0.1, 0.15) is 330 Å². The molecule has 0 aliphatic rings. The normalized spacial score (nSPS) is 12.5. The van der Waals surface area contributed by atoms with Crippen molar-refractivity contribution < 1.29 is 28.6 Å². The highest BCUT2D eigenvalue weighted by Crippen LogP contribution is 2.19. The van der Waals surface area contributed by atoms with Gasteiger partial charge >= 0.3 is 17.9 Å². The highest BCUT2D eigenvalue weighted by atomic mass is 16.6. The lowest BCUT2D eigenvalue weighted by atomic mass is 9.99. The second-order valence-electron chi connectivity index (χ2n) is 21.8. The van der Waals surface area contributed by atoms with Crippen molar-refractivity contribution in [1.82, 2.24) is 0 Å². The summed E-state index contributed by atoms with van der Waals surface area (Å²) in [6.07, 6.45) is 53.7. The van der Waals surface area contributed by atoms with Crippen LogP contribution in [0.3, 0.4) is 0 Å². The van der Waals surface area contributed by atoms with Crippen molar-refractivity contribution in [3.8, 4) is 0 Å². The Morgan fingerprint density at radius 1 is 0.303 bits per heavy atom. The Kier molecular flexibility index (Phi) is 50.0. The Labute approximate surface area is 412 Å². The number of hydrogen-bond acceptors (Lipinski definition) is 6. The Morgan fingerprint density at radius 2 is 0.530 bits per heavy atom. The molecular formula is C60H116O6. The van der Waals surface area contributed by atoms with Crippen LogP contribution in [0, 0.1) is 17.8 Å². The molecule has 0 aliphatic heterocycles. The van der Waals surface area contributed by atoms with Gasteiger partial charge < -0.3 is 14.2 Å². The van der Waals surface area contributed by atoms with E-state index >= 15 is 0 Å². The Hall–Kier alpha value is -1.59. The smallest absolute Gasteiger partial charge is 0.306 e. The van der Waals surface area contributed by atoms with Gasteiger partial charge in [0.15, 0.2) is 6.10 Å². The number of ether oxygens (including phenoxy) is 3. The maximum atomic E-state index is 12.9. The van der Waals surface area contributed by atoms with Gasteiger partial charge in [0, 0.05) is 19.3 Å². The van der Waals surface area contributed by atoms with Gasteiger partial charge in [-0.05, 0) is 37.0 Å². The predicted octanol–water partition coefficient (Wildman–Crippen LogP) is 19.5. The predicted molar refractivity (Wildman–Crippen MR) is 284 cm³/mol. The monoisotopic (exact) mass is 933 g/mol. The molecule has 0 spiro atoms. The molecule has 0 bridgehead atoms. The Bertz CT molecular complexity index is 1020. The number of rotatable bonds is 53. The molecule has 0 saturated heterocycles. The fourth-order valence-corrected chi connectivity index (χ4v) is 9.14. The van der Waals surface area contributed by atoms with E-state index in [0.717, 1.165) is 75.5 Å². The molecule has 0 rings (SSSR count). The molecule has 2 atom stereocenters. The van der Waals surface area contributed by atoms with E-state index < -0.39 is 6.10 Å². The molecule has 0 aliphatic carbocycles. The summed E-state index contributed by atoms with van der Waals surface area (Å²) in [7, 11) is 0. The van der Waals surface area contributed by atoms with Crippen molar-refractivity contribution in [2.45, 2.75) is 337 Å². The average molecular weight is 934 g/mol. The summed E-state index contributed by atoms with van der Waals surface area (Å²) in [4.78, 5) is 38.2. The van der Waals surface area contributed by atoms with Gasteiger partial charge in [0.25, 0.3) is 0 Å². The third-order valence-electron chi connectivity index (χ3n) is 14.0. The molecule has 0 aromatic carbocycles. The van der Waals surface area contributed by atoms with E-state index in [9.17, 15) is 14.4 Å². The van der Waals surface area contributed by atoms with Crippen molar-refractivity contribution in [3.05, 3.63) is 0 Å². The minimum Gasteiger partial charge on any atom is -0.462 e. The first kappa shape index (κ1) is 64.4. The zero-order valence-corrected chi connectivity index (χ0v) is 45.5. The number of carbonyl (C=O) groups excluding carboxylic acids is 3. The maximum Gasteiger partial charge on any atom is 0.306 e. The van der Waals surface area contributed by atoms with Crippen LogP contribution < -0.4 is 0 Å². The van der Waals surface area contributed by atoms with Crippen molar-refractivity contribution >= 4 is 17.9 Å². The van der Waals surface area contributed by atoms with Gasteiger partial charge in [0.1, 0.15) is 13.2 Å². The minimum absolute atomic E-state index is 0.0634. The molecule has 0 heterocycles. The van der Waals surface area contributed by atoms with Gasteiger partial charge in [0.2, 0.25) is 0 Å². The van der Waals surface area contributed by atoms with Crippen LogP contribution in [0.4, 0.5) is 0 Å². The molecule has 0 N–H and O–H groups in total. The van der Waals surface area contributed by atoms with E-state index in [1.807, 2.05) is 0 Å². The van der Waals surface area contributed by atoms with Crippen molar-refractivity contribution in [3.63, 3.8) is 0 Å². The van der Waals surface area contributed by atoms with E-state index in [1.165, 1.54) is 212 Å². The van der Waals surface area contributed by atoms with Crippen LogP contribution in [0.2, 0.25) is 0 Å². The summed E-state index contributed by atoms with van der Waals surface area (Å²) >= 11 is 0. The van der Waals surface area contributed by atoms with Crippen LogP contribution >= 0.6 is 0 Å². The lowest BCUT2D eigenvalue weighted by Crippen LogP contribution is -2.30. The SMILES string of the molecule is CCC(C)CCCCCCCCCCCCCCCCC(=O)OC[C@@H](COC(=O)CCCCCCCCCCCCCCCC(C)C)OC(=O)CCCCCCCCCCCCCC(C)C. The number of esters is 3. The molecule has 0 radical (unpaired) electrons. The van der Waals surface area contributed by atoms with E-state index in [2.05, 4.69) is 41.5 Å². The first-order chi connectivity index (χ1) is 32.1. The summed E-state index contributed by atoms with van der Waals surface area (Å²) in [6.45, 7) is 13.8. The zero-order chi connectivity index (χ0) is 48.4. The fraction of sp³-hybridized carbons (Fsp3) is 0.950. The highest BCUT2D eigenvalue weighted by Gasteiger charge is 2.19. The van der Waals surface area contributed by atoms with Gasteiger partial charge in [-0.15, -0.1) is 0 Å². The second-order valence-corrected chi connectivity index (χ2v) is 21.8. The molecule has 66 heavy (non-hydrogen) atoms. The number of carbonyl (C=O) groups is 3. The number of hydrogen-bond donors (Lipinski definition) is 0. The first-order valence-electron chi connectivity index (χ1n) is 29.6. The molecule has 0 aromatic heterocycles. The molecule has 6 heteroatoms. The third-order valence-corrected chi connectivity index (χ3v) is 14.0. The quantitative estimate of drug-likeness (QED) is 0.0343. The summed E-state index contributed by atoms with van der Waals surface area (Å²) in [6, 6.07) is 0. The molecule has 392 valence electrons. The summed E-state index contributed by atoms with van der Waals surface area (Å²) in [5, 5.41) is 0. The number of unbranched alkanes of at least 4 members (excludes halogenated alkanes) is 35. The molecule has 0 fully saturated rings. The topological polar surface area (TPSA) is 78.9 Å². The maximum absolute atomic E-state index is 12.9. The third kappa shape index (κ3) is 51.8. The fourth-order valence-electron chi connectivity index (χ4n) is 9.14. The molecular weight excluding hydrogens is 817 g/mol. The summed E-state index contributed by atoms with van der Waals surface area (Å²) in [5.74, 6) is 1.72. The summed E-state index contributed by atoms with van der Waals surface area (Å²) in [5.41, 5.74) is 0. The average Bonchev–Trinajstić information content (AvgIpc) is 3.29. The lowest BCUT2D eigenvalue weighted by Gasteiger charge is -2.18. The molecule has 0 amide bonds. The van der Waals surface area contributed by atoms with Gasteiger partial charge in [-0.25, -0.2) is 0 Å². The van der Waals surface area contributed by atoms with Crippen LogP contribution in [-0.4, -0.2) is 37.2 Å². The van der Waals surface area contributed by atoms with Crippen LogP contribution in [-0.2, 0) is 28.6 Å². The molecule has 1 unspecified atom stereocenters. The van der Waals surface area contributed by atoms with Crippen LogP contribution in [0.25, 0.3) is 0 Å². The van der Waals surface area contributed by atoms with Gasteiger partial charge in [-0.1, -0.05) is 292 Å². The van der Waals surface area contributed by atoms with E-state index in [0.29, 0.717) is 19.3 Å². The van der Waals surface area contributed by atoms with E-state index in [4.69, 9.17) is 14.2 Å². The zero-order valence-electron chi connectivity index (χ0n) is 45.5. The van der Waals surface area contributed by atoms with E-state index in [1.54, 1.807) is 0 Å². The first-order valence-corrected chi connectivity index (χ1v) is 29.6. The summed E-state index contributed by atoms with van der Waals surface area (Å²) < 4.78 is 16.9. The Morgan fingerprint density at radius 3 is 0.788 bits per heavy atom. The molecule has 0 aromatic rings. The minimum atomic E-state index is -0.764. The standard InChI is InChI=1S/C60H116O6/c1-7-56(6)48-42-36-30-24-18-12-8-9-13-19-25-31-37-43-49-58(61)64-52-57(66-60(63)51-45-39-33-27-21-15-17-23-29-35-41-47-55(4)5)53-65-59(62)50-44-38-32-26-20-14-10-11-16-22-28-34-40-46-54(2)3/h54-57H,7-53H2,1-6H3/t56?,57-/m0/s1. The van der Waals surface area contributed by atoms with Crippen molar-refractivity contribution in [1.29, 1.82) is 0 Å². The second kappa shape index (κ2) is 51.3. The molecule has 0 saturated carbocycles. The van der Waals surface area contributed by atoms with Crippen LogP contribution in [0.15, 0.2) is 0 Å². The lowest BCUT2D eigenvalue weighted by molar-refractivity contribution is -0.167. The van der Waals surface area contributed by atoms with Gasteiger partial charge in [-0.3, -0.25) is 14.4 Å². The van der Waals surface area contributed by atoms with Crippen molar-refractivity contribution in [2.24, 2.45) is 17.8 Å². The largest absolute Gasteiger partial charge is 0.462 e.